The zero-order valence-corrected chi connectivity index (χ0v) is 14.3. The molecule has 1 amide bonds. The largest absolute Gasteiger partial charge is 0.339 e. The first-order valence-electron chi connectivity index (χ1n) is 8.54. The number of rotatable bonds is 3. The zero-order chi connectivity index (χ0) is 17.4. The van der Waals surface area contributed by atoms with Crippen LogP contribution in [0.1, 0.15) is 60.6 Å². The minimum atomic E-state index is 0.00729. The average Bonchev–Trinajstić information content (AvgIpc) is 3.30. The van der Waals surface area contributed by atoms with E-state index >= 15 is 0 Å². The van der Waals surface area contributed by atoms with Gasteiger partial charge >= 0.3 is 0 Å². The Hall–Kier alpha value is -2.77. The Morgan fingerprint density at radius 1 is 1.36 bits per heavy atom. The van der Waals surface area contributed by atoms with E-state index < -0.39 is 0 Å². The number of likely N-dealkylation sites (tertiary alicyclic amines) is 1. The van der Waals surface area contributed by atoms with Crippen LogP contribution in [0.25, 0.3) is 5.65 Å². The van der Waals surface area contributed by atoms with Gasteiger partial charge < -0.3 is 9.42 Å². The molecular formula is C17H20N6O2. The van der Waals surface area contributed by atoms with Crippen LogP contribution in [0, 0.1) is 0 Å². The highest BCUT2D eigenvalue weighted by Crippen LogP contribution is 2.27. The lowest BCUT2D eigenvalue weighted by Gasteiger charge is -2.31. The molecule has 3 aromatic heterocycles. The topological polar surface area (TPSA) is 89.4 Å². The van der Waals surface area contributed by atoms with Gasteiger partial charge in [-0.2, -0.15) is 4.98 Å². The van der Waals surface area contributed by atoms with Gasteiger partial charge in [0.15, 0.2) is 11.5 Å². The molecule has 0 spiro atoms. The molecule has 25 heavy (non-hydrogen) atoms. The molecule has 0 aromatic carbocycles. The van der Waals surface area contributed by atoms with Gasteiger partial charge in [-0.25, -0.2) is 0 Å². The molecule has 0 bridgehead atoms. The molecule has 1 aliphatic rings. The Morgan fingerprint density at radius 2 is 2.24 bits per heavy atom. The summed E-state index contributed by atoms with van der Waals surface area (Å²) >= 11 is 0. The van der Waals surface area contributed by atoms with Gasteiger partial charge in [0, 0.05) is 31.1 Å². The van der Waals surface area contributed by atoms with Gasteiger partial charge in [-0.1, -0.05) is 19.0 Å². The van der Waals surface area contributed by atoms with Crippen LogP contribution in [-0.2, 0) is 0 Å². The lowest BCUT2D eigenvalue weighted by Crippen LogP contribution is -2.39. The lowest BCUT2D eigenvalue weighted by atomic mass is 9.97. The Kier molecular flexibility index (Phi) is 3.95. The number of amides is 1. The first kappa shape index (κ1) is 15.7. The first-order chi connectivity index (χ1) is 12.1. The summed E-state index contributed by atoms with van der Waals surface area (Å²) in [6.07, 6.45) is 5.26. The number of piperidine rings is 1. The van der Waals surface area contributed by atoms with E-state index in [0.29, 0.717) is 23.8 Å². The van der Waals surface area contributed by atoms with Crippen LogP contribution in [-0.4, -0.2) is 48.6 Å². The monoisotopic (exact) mass is 340 g/mol. The van der Waals surface area contributed by atoms with E-state index in [1.165, 1.54) is 0 Å². The molecule has 1 saturated heterocycles. The quantitative estimate of drug-likeness (QED) is 0.726. The fourth-order valence-electron chi connectivity index (χ4n) is 3.16. The van der Waals surface area contributed by atoms with E-state index in [1.807, 2.05) is 18.7 Å². The third-order valence-electron chi connectivity index (χ3n) is 4.56. The molecule has 0 unspecified atom stereocenters. The lowest BCUT2D eigenvalue weighted by molar-refractivity contribution is 0.0703. The van der Waals surface area contributed by atoms with Gasteiger partial charge in [-0.3, -0.25) is 9.20 Å². The number of pyridine rings is 1. The maximum absolute atomic E-state index is 12.9. The van der Waals surface area contributed by atoms with Crippen molar-refractivity contribution in [2.75, 3.05) is 13.1 Å². The molecule has 1 aliphatic heterocycles. The van der Waals surface area contributed by atoms with Gasteiger partial charge in [0.05, 0.1) is 5.56 Å². The fraction of sp³-hybridized carbons (Fsp3) is 0.471. The molecule has 4 heterocycles. The highest BCUT2D eigenvalue weighted by atomic mass is 16.5. The summed E-state index contributed by atoms with van der Waals surface area (Å²) in [6, 6.07) is 3.59. The van der Waals surface area contributed by atoms with Crippen LogP contribution in [0.4, 0.5) is 0 Å². The second kappa shape index (κ2) is 6.27. The van der Waals surface area contributed by atoms with Crippen molar-refractivity contribution < 1.29 is 9.32 Å². The molecule has 3 aromatic rings. The number of carbonyl (C=O) groups excluding carboxylic acids is 1. The molecule has 1 atom stereocenters. The number of carbonyl (C=O) groups is 1. The highest BCUT2D eigenvalue weighted by Gasteiger charge is 2.29. The van der Waals surface area contributed by atoms with Crippen molar-refractivity contribution in [3.63, 3.8) is 0 Å². The van der Waals surface area contributed by atoms with Crippen molar-refractivity contribution in [1.29, 1.82) is 0 Å². The molecule has 0 radical (unpaired) electrons. The van der Waals surface area contributed by atoms with Crippen molar-refractivity contribution >= 4 is 11.6 Å². The summed E-state index contributed by atoms with van der Waals surface area (Å²) < 4.78 is 7.07. The Bertz CT molecular complexity index is 899. The van der Waals surface area contributed by atoms with Gasteiger partial charge in [-0.15, -0.1) is 10.2 Å². The van der Waals surface area contributed by atoms with E-state index in [1.54, 1.807) is 29.1 Å². The van der Waals surface area contributed by atoms with Crippen LogP contribution < -0.4 is 0 Å². The number of aromatic nitrogens is 5. The zero-order valence-electron chi connectivity index (χ0n) is 14.3. The molecule has 130 valence electrons. The SMILES string of the molecule is CC(C)c1nc([C@H]2CCCN(C(=O)c3ccc4nncn4c3)C2)no1. The molecular weight excluding hydrogens is 320 g/mol. The van der Waals surface area contributed by atoms with Crippen LogP contribution in [0.5, 0.6) is 0 Å². The van der Waals surface area contributed by atoms with Gasteiger partial charge in [0.25, 0.3) is 5.91 Å². The Balaban J connectivity index is 1.52. The van der Waals surface area contributed by atoms with Gasteiger partial charge in [0.2, 0.25) is 5.89 Å². The molecule has 0 saturated carbocycles. The molecule has 0 aliphatic carbocycles. The van der Waals surface area contributed by atoms with Crippen LogP contribution in [0.3, 0.4) is 0 Å². The summed E-state index contributed by atoms with van der Waals surface area (Å²) in [5, 5.41) is 11.9. The molecule has 8 nitrogen and oxygen atoms in total. The normalized spacial score (nSPS) is 18.2. The summed E-state index contributed by atoms with van der Waals surface area (Å²) in [4.78, 5) is 19.2. The second-order valence-corrected chi connectivity index (χ2v) is 6.75. The highest BCUT2D eigenvalue weighted by molar-refractivity contribution is 5.94. The molecule has 1 fully saturated rings. The van der Waals surface area contributed by atoms with Crippen LogP contribution in [0.15, 0.2) is 29.2 Å². The van der Waals surface area contributed by atoms with Crippen molar-refractivity contribution in [3.05, 3.63) is 41.9 Å². The van der Waals surface area contributed by atoms with E-state index in [9.17, 15) is 4.79 Å². The van der Waals surface area contributed by atoms with E-state index in [0.717, 1.165) is 25.0 Å². The number of hydrogen-bond donors (Lipinski definition) is 0. The summed E-state index contributed by atoms with van der Waals surface area (Å²) in [7, 11) is 0. The number of fused-ring (bicyclic) bond motifs is 1. The predicted molar refractivity (Wildman–Crippen MR) is 89.3 cm³/mol. The molecule has 4 rings (SSSR count). The minimum absolute atomic E-state index is 0.00729. The first-order valence-corrected chi connectivity index (χ1v) is 8.54. The van der Waals surface area contributed by atoms with Crippen molar-refractivity contribution in [3.8, 4) is 0 Å². The third-order valence-corrected chi connectivity index (χ3v) is 4.56. The second-order valence-electron chi connectivity index (χ2n) is 6.75. The van der Waals surface area contributed by atoms with Crippen molar-refractivity contribution in [1.82, 2.24) is 29.6 Å². The third kappa shape index (κ3) is 2.99. The summed E-state index contributed by atoms with van der Waals surface area (Å²) in [5.74, 6) is 1.69. The maximum atomic E-state index is 12.9. The molecule has 8 heteroatoms. The van der Waals surface area contributed by atoms with E-state index in [-0.39, 0.29) is 17.7 Å². The van der Waals surface area contributed by atoms with Crippen molar-refractivity contribution in [2.45, 2.75) is 38.5 Å². The number of hydrogen-bond acceptors (Lipinski definition) is 6. The minimum Gasteiger partial charge on any atom is -0.339 e. The van der Waals surface area contributed by atoms with Gasteiger partial charge in [0.1, 0.15) is 6.33 Å². The van der Waals surface area contributed by atoms with Crippen molar-refractivity contribution in [2.24, 2.45) is 0 Å². The summed E-state index contributed by atoms with van der Waals surface area (Å²) in [6.45, 7) is 5.39. The smallest absolute Gasteiger partial charge is 0.255 e. The average molecular weight is 340 g/mol. The Labute approximate surface area is 144 Å². The fourth-order valence-corrected chi connectivity index (χ4v) is 3.16. The number of nitrogens with zero attached hydrogens (tertiary/aromatic N) is 6. The summed E-state index contributed by atoms with van der Waals surface area (Å²) in [5.41, 5.74) is 1.35. The molecule has 0 N–H and O–H groups in total. The standard InChI is InChI=1S/C17H20N6O2/c1-11(2)16-19-15(21-25-16)12-4-3-7-22(8-12)17(24)13-5-6-14-20-18-10-23(14)9-13/h5-6,9-12H,3-4,7-8H2,1-2H3/t12-/m0/s1. The van der Waals surface area contributed by atoms with Crippen LogP contribution in [0.2, 0.25) is 0 Å². The van der Waals surface area contributed by atoms with Crippen LogP contribution >= 0.6 is 0 Å². The Morgan fingerprint density at radius 3 is 3.04 bits per heavy atom. The van der Waals surface area contributed by atoms with E-state index in [2.05, 4.69) is 20.3 Å². The van der Waals surface area contributed by atoms with E-state index in [4.69, 9.17) is 4.52 Å². The predicted octanol–water partition coefficient (Wildman–Crippen LogP) is 2.26. The maximum Gasteiger partial charge on any atom is 0.255 e. The van der Waals surface area contributed by atoms with Gasteiger partial charge in [-0.05, 0) is 25.0 Å².